The summed E-state index contributed by atoms with van der Waals surface area (Å²) in [7, 11) is 2.26. The van der Waals surface area contributed by atoms with Gasteiger partial charge in [-0.15, -0.1) is 0 Å². The lowest BCUT2D eigenvalue weighted by Gasteiger charge is -2.55. The normalized spacial score (nSPS) is 39.6. The quantitative estimate of drug-likeness (QED) is 0.425. The Bertz CT molecular complexity index is 1020. The Hall–Kier alpha value is -1.01. The second-order valence-corrected chi connectivity index (χ2v) is 14.0. The van der Waals surface area contributed by atoms with Gasteiger partial charge in [-0.25, -0.2) is 0 Å². The van der Waals surface area contributed by atoms with Gasteiger partial charge in [0.25, 0.3) is 0 Å². The van der Waals surface area contributed by atoms with Crippen molar-refractivity contribution in [1.82, 2.24) is 9.80 Å². The average Bonchev–Trinajstić information content (AvgIpc) is 3.06. The maximum Gasteiger partial charge on any atom is 0.128 e. The molecular weight excluding hydrogens is 484 g/mol. The maximum absolute atomic E-state index is 6.91. The second-order valence-electron chi connectivity index (χ2n) is 13.2. The molecule has 8 rings (SSSR count). The molecule has 2 saturated heterocycles. The minimum atomic E-state index is 0.00376. The predicted octanol–water partition coefficient (Wildman–Crippen LogP) is 6.42. The highest BCUT2D eigenvalue weighted by Gasteiger charge is 2.59. The molecule has 5 saturated carbocycles. The highest BCUT2D eigenvalue weighted by Crippen LogP contribution is 2.58. The highest BCUT2D eigenvalue weighted by atomic mass is 35.5. The minimum absolute atomic E-state index is 0.00376. The lowest BCUT2D eigenvalue weighted by molar-refractivity contribution is 0.000851. The summed E-state index contributed by atoms with van der Waals surface area (Å²) >= 11 is 13.4. The van der Waals surface area contributed by atoms with Crippen LogP contribution in [0.1, 0.15) is 70.6 Å². The van der Waals surface area contributed by atoms with Crippen molar-refractivity contribution < 1.29 is 0 Å². The third kappa shape index (κ3) is 3.82. The van der Waals surface area contributed by atoms with E-state index in [1.807, 2.05) is 12.1 Å². The van der Waals surface area contributed by atoms with Crippen molar-refractivity contribution in [1.29, 1.82) is 0 Å². The van der Waals surface area contributed by atoms with Crippen LogP contribution in [0.2, 0.25) is 5.02 Å². The topological polar surface area (TPSA) is 22.1 Å². The lowest BCUT2D eigenvalue weighted by atomic mass is 9.53. The number of aliphatic imine (C=N–C) groups is 1. The first-order valence-corrected chi connectivity index (χ1v) is 15.4. The molecule has 1 aromatic rings. The Morgan fingerprint density at radius 3 is 2.11 bits per heavy atom. The van der Waals surface area contributed by atoms with Gasteiger partial charge in [0.05, 0.1) is 27.3 Å². The van der Waals surface area contributed by atoms with Crippen LogP contribution in [0, 0.1) is 23.2 Å². The third-order valence-corrected chi connectivity index (χ3v) is 11.6. The Labute approximate surface area is 227 Å². The summed E-state index contributed by atoms with van der Waals surface area (Å²) in [6, 6.07) is 8.63. The van der Waals surface area contributed by atoms with Gasteiger partial charge in [-0.2, -0.15) is 0 Å². The SMILES string of the molecule is CN1CCN([C@@H]2C(=NC34CC5CC(CC(C5)C3)C4)N(c3ccccc3Cl)C(=S)C23CCCCC3)CC1. The molecule has 0 unspecified atom stereocenters. The molecule has 36 heavy (non-hydrogen) atoms. The van der Waals surface area contributed by atoms with Crippen LogP contribution in [-0.2, 0) is 0 Å². The molecular formula is C30H41ClN4S. The third-order valence-electron chi connectivity index (χ3n) is 10.7. The van der Waals surface area contributed by atoms with E-state index in [4.69, 9.17) is 28.8 Å². The largest absolute Gasteiger partial charge is 0.304 e. The van der Waals surface area contributed by atoms with Crippen LogP contribution in [0.3, 0.4) is 0 Å². The van der Waals surface area contributed by atoms with E-state index in [1.165, 1.54) is 76.5 Å². The predicted molar refractivity (Wildman–Crippen MR) is 153 cm³/mol. The van der Waals surface area contributed by atoms with Gasteiger partial charge in [0, 0.05) is 31.6 Å². The molecule has 0 amide bonds. The zero-order chi connectivity index (χ0) is 24.5. The van der Waals surface area contributed by atoms with Crippen LogP contribution >= 0.6 is 23.8 Å². The van der Waals surface area contributed by atoms with E-state index in [0.717, 1.165) is 59.6 Å². The summed E-state index contributed by atoms with van der Waals surface area (Å²) in [5.41, 5.74) is 1.17. The molecule has 1 spiro atoms. The van der Waals surface area contributed by atoms with Gasteiger partial charge in [0.15, 0.2) is 0 Å². The van der Waals surface area contributed by atoms with Gasteiger partial charge in [-0.3, -0.25) is 14.8 Å². The van der Waals surface area contributed by atoms with Crippen molar-refractivity contribution in [2.75, 3.05) is 38.1 Å². The molecule has 0 N–H and O–H groups in total. The fourth-order valence-electron chi connectivity index (χ4n) is 9.50. The van der Waals surface area contributed by atoms with Crippen LogP contribution in [0.25, 0.3) is 0 Å². The second kappa shape index (κ2) is 9.03. The number of anilines is 1. The zero-order valence-corrected chi connectivity index (χ0v) is 23.4. The van der Waals surface area contributed by atoms with Crippen molar-refractivity contribution in [2.45, 2.75) is 82.2 Å². The van der Waals surface area contributed by atoms with Crippen LogP contribution in [0.15, 0.2) is 29.3 Å². The summed E-state index contributed by atoms with van der Waals surface area (Å²) in [5, 5.41) is 0.794. The molecule has 194 valence electrons. The number of thiocarbonyl (C=S) groups is 1. The van der Waals surface area contributed by atoms with E-state index in [1.54, 1.807) is 0 Å². The number of likely N-dealkylation sites (N-methyl/N-ethyl adjacent to an activating group) is 1. The van der Waals surface area contributed by atoms with Gasteiger partial charge < -0.3 is 4.90 Å². The van der Waals surface area contributed by atoms with Gasteiger partial charge in [0.2, 0.25) is 0 Å². The Kier molecular flexibility index (Phi) is 6.04. The van der Waals surface area contributed by atoms with Crippen molar-refractivity contribution in [3.63, 3.8) is 0 Å². The van der Waals surface area contributed by atoms with Crippen molar-refractivity contribution in [2.24, 2.45) is 28.2 Å². The van der Waals surface area contributed by atoms with Crippen LogP contribution in [0.5, 0.6) is 0 Å². The molecule has 4 bridgehead atoms. The first-order chi connectivity index (χ1) is 17.5. The van der Waals surface area contributed by atoms with E-state index in [-0.39, 0.29) is 17.0 Å². The summed E-state index contributed by atoms with van der Waals surface area (Å²) in [4.78, 5) is 14.7. The number of hydrogen-bond acceptors (Lipinski definition) is 4. The van der Waals surface area contributed by atoms with E-state index in [9.17, 15) is 0 Å². The van der Waals surface area contributed by atoms with E-state index in [2.05, 4.69) is 33.9 Å². The monoisotopic (exact) mass is 524 g/mol. The number of benzene rings is 1. The fourth-order valence-corrected chi connectivity index (χ4v) is 10.2. The maximum atomic E-state index is 6.91. The summed E-state index contributed by atoms with van der Waals surface area (Å²) in [6.45, 7) is 4.44. The smallest absolute Gasteiger partial charge is 0.128 e. The van der Waals surface area contributed by atoms with Crippen LogP contribution in [0.4, 0.5) is 5.69 Å². The Morgan fingerprint density at radius 1 is 0.889 bits per heavy atom. The average molecular weight is 525 g/mol. The first-order valence-electron chi connectivity index (χ1n) is 14.6. The Morgan fingerprint density at radius 2 is 1.50 bits per heavy atom. The molecule has 1 atom stereocenters. The molecule has 1 aromatic carbocycles. The van der Waals surface area contributed by atoms with Crippen LogP contribution in [-0.4, -0.2) is 65.4 Å². The summed E-state index contributed by atoms with van der Waals surface area (Å²) in [5.74, 6) is 3.90. The molecule has 7 aliphatic rings. The van der Waals surface area contributed by atoms with Gasteiger partial charge in [-0.1, -0.05) is 55.2 Å². The van der Waals surface area contributed by atoms with E-state index in [0.29, 0.717) is 0 Å². The Balaban J connectivity index is 1.39. The molecule has 2 heterocycles. The highest BCUT2D eigenvalue weighted by molar-refractivity contribution is 7.80. The van der Waals surface area contributed by atoms with E-state index >= 15 is 0 Å². The molecule has 0 aromatic heterocycles. The summed E-state index contributed by atoms with van der Waals surface area (Å²) in [6.07, 6.45) is 14.4. The van der Waals surface area contributed by atoms with Gasteiger partial charge in [-0.05, 0) is 88.3 Å². The number of piperazine rings is 1. The van der Waals surface area contributed by atoms with Crippen molar-refractivity contribution >= 4 is 40.3 Å². The first kappa shape index (κ1) is 24.1. The summed E-state index contributed by atoms with van der Waals surface area (Å²) < 4.78 is 0. The lowest BCUT2D eigenvalue weighted by Crippen LogP contribution is -2.58. The number of para-hydroxylation sites is 1. The van der Waals surface area contributed by atoms with Gasteiger partial charge in [0.1, 0.15) is 5.84 Å². The van der Waals surface area contributed by atoms with Gasteiger partial charge >= 0.3 is 0 Å². The number of amidine groups is 1. The van der Waals surface area contributed by atoms with Crippen molar-refractivity contribution in [3.8, 4) is 0 Å². The molecule has 7 fully saturated rings. The molecule has 4 nitrogen and oxygen atoms in total. The number of halogens is 1. The molecule has 6 heteroatoms. The molecule has 2 aliphatic heterocycles. The van der Waals surface area contributed by atoms with E-state index < -0.39 is 0 Å². The fraction of sp³-hybridized carbons (Fsp3) is 0.733. The zero-order valence-electron chi connectivity index (χ0n) is 21.8. The standard InChI is InChI=1S/C30H41ClN4S/c1-33-11-13-34(14-12-33)26-27(32-29-18-21-15-22(19-29)17-23(16-21)20-29)35(25-8-4-3-7-24(25)31)28(36)30(26)9-5-2-6-10-30/h3-4,7-8,21-23,26H,2,5-6,9-20H2,1H3/t21?,22?,23?,26-,29?/m1/s1. The van der Waals surface area contributed by atoms with Crippen LogP contribution < -0.4 is 4.90 Å². The number of rotatable bonds is 3. The molecule has 5 aliphatic carbocycles. The molecule has 0 radical (unpaired) electrons. The minimum Gasteiger partial charge on any atom is -0.304 e. The van der Waals surface area contributed by atoms with Crippen molar-refractivity contribution in [3.05, 3.63) is 29.3 Å². The number of nitrogens with zero attached hydrogens (tertiary/aromatic N) is 4. The number of hydrogen-bond donors (Lipinski definition) is 0.